The van der Waals surface area contributed by atoms with E-state index in [4.69, 9.17) is 37.5 Å². The minimum absolute atomic E-state index is 0.0566. The first-order chi connectivity index (χ1) is 14.5. The fourth-order valence-electron chi connectivity index (χ4n) is 2.85. The minimum Gasteiger partial charge on any atom is -0.442 e. The van der Waals surface area contributed by atoms with Crippen molar-refractivity contribution in [1.82, 2.24) is 10.1 Å². The van der Waals surface area contributed by atoms with Crippen LogP contribution in [0.5, 0.6) is 0 Å². The predicted molar refractivity (Wildman–Crippen MR) is 120 cm³/mol. The van der Waals surface area contributed by atoms with Crippen LogP contribution in [0.1, 0.15) is 54.0 Å². The quantitative estimate of drug-likeness (QED) is 0.428. The van der Waals surface area contributed by atoms with E-state index in [-0.39, 0.29) is 10.7 Å². The summed E-state index contributed by atoms with van der Waals surface area (Å²) in [5, 5.41) is 6.37. The maximum atomic E-state index is 13.2. The zero-order valence-electron chi connectivity index (χ0n) is 19.3. The van der Waals surface area contributed by atoms with Gasteiger partial charge in [-0.05, 0) is 66.7 Å². The number of benzene rings is 1. The maximum Gasteiger partial charge on any atom is 0.534 e. The number of nitrogens with zero attached hydrogens (tertiary/aromatic N) is 3. The van der Waals surface area contributed by atoms with Gasteiger partial charge in [-0.15, -0.1) is 5.06 Å². The fraction of sp³-hybridized carbons (Fsp3) is 0.524. The molecular formula is C21H27Cl2N3O6. The van der Waals surface area contributed by atoms with Crippen LogP contribution in [-0.2, 0) is 19.1 Å². The normalized spacial score (nSPS) is 18.9. The van der Waals surface area contributed by atoms with Crippen molar-refractivity contribution < 1.29 is 28.7 Å². The number of carbonyl (C=O) groups excluding carboxylic acids is 3. The number of likely N-dealkylation sites (N-methyl/N-ethyl adjacent to an activating group) is 1. The molecule has 1 aliphatic rings. The number of ether oxygens (including phenoxy) is 2. The average molecular weight is 488 g/mol. The Labute approximate surface area is 197 Å². The zero-order chi connectivity index (χ0) is 24.6. The van der Waals surface area contributed by atoms with Gasteiger partial charge in [0.1, 0.15) is 16.9 Å². The lowest BCUT2D eigenvalue weighted by molar-refractivity contribution is -0.176. The second-order valence-electron chi connectivity index (χ2n) is 9.30. The van der Waals surface area contributed by atoms with Gasteiger partial charge in [-0.2, -0.15) is 5.10 Å². The van der Waals surface area contributed by atoms with Gasteiger partial charge in [0.15, 0.2) is 0 Å². The van der Waals surface area contributed by atoms with E-state index in [9.17, 15) is 14.4 Å². The van der Waals surface area contributed by atoms with E-state index in [0.717, 1.165) is 5.01 Å². The highest BCUT2D eigenvalue weighted by Crippen LogP contribution is 2.35. The van der Waals surface area contributed by atoms with E-state index < -0.39 is 34.9 Å². The Hall–Kier alpha value is -2.52. The minimum atomic E-state index is -1.91. The molecular weight excluding hydrogens is 461 g/mol. The van der Waals surface area contributed by atoms with Crippen LogP contribution in [0.2, 0.25) is 10.0 Å². The lowest BCUT2D eigenvalue weighted by Crippen LogP contribution is -2.61. The molecule has 176 valence electrons. The first-order valence-electron chi connectivity index (χ1n) is 9.72. The number of amides is 2. The fourth-order valence-corrected chi connectivity index (χ4v) is 3.35. The van der Waals surface area contributed by atoms with E-state index >= 15 is 0 Å². The Morgan fingerprint density at radius 2 is 1.62 bits per heavy atom. The first-order valence-corrected chi connectivity index (χ1v) is 10.5. The summed E-state index contributed by atoms with van der Waals surface area (Å²) >= 11 is 12.3. The molecule has 9 nitrogen and oxygen atoms in total. The lowest BCUT2D eigenvalue weighted by atomic mass is 9.90. The predicted octanol–water partition coefficient (Wildman–Crippen LogP) is 5.03. The van der Waals surface area contributed by atoms with Crippen LogP contribution in [0.15, 0.2) is 23.3 Å². The molecule has 0 radical (unpaired) electrons. The zero-order valence-corrected chi connectivity index (χ0v) is 20.8. The molecule has 0 N–H and O–H groups in total. The van der Waals surface area contributed by atoms with E-state index in [0.29, 0.717) is 15.6 Å². The number of halogens is 2. The van der Waals surface area contributed by atoms with E-state index in [1.807, 2.05) is 0 Å². The molecule has 2 amide bonds. The van der Waals surface area contributed by atoms with Crippen LogP contribution in [-0.4, -0.2) is 57.7 Å². The van der Waals surface area contributed by atoms with Crippen molar-refractivity contribution in [2.24, 2.45) is 5.10 Å². The summed E-state index contributed by atoms with van der Waals surface area (Å²) in [5.74, 6) is -0.659. The molecule has 0 spiro atoms. The Morgan fingerprint density at radius 3 is 2.12 bits per heavy atom. The van der Waals surface area contributed by atoms with Crippen LogP contribution >= 0.6 is 23.2 Å². The molecule has 0 saturated carbocycles. The molecule has 1 heterocycles. The first kappa shape index (κ1) is 25.7. The largest absolute Gasteiger partial charge is 0.534 e. The van der Waals surface area contributed by atoms with Crippen LogP contribution in [0.25, 0.3) is 0 Å². The molecule has 0 fully saturated rings. The number of hydrazone groups is 1. The van der Waals surface area contributed by atoms with Gasteiger partial charge in [0.25, 0.3) is 5.91 Å². The molecule has 0 saturated heterocycles. The molecule has 0 bridgehead atoms. The number of rotatable bonds is 2. The summed E-state index contributed by atoms with van der Waals surface area (Å²) in [4.78, 5) is 44.1. The topological polar surface area (TPSA) is 97.7 Å². The lowest BCUT2D eigenvalue weighted by Gasteiger charge is -2.36. The Balaban J connectivity index is 2.61. The Bertz CT molecular complexity index is 967. The highest BCUT2D eigenvalue weighted by molar-refractivity contribution is 6.39. The van der Waals surface area contributed by atoms with Crippen molar-refractivity contribution >= 4 is 47.1 Å². The number of carbonyl (C=O) groups is 3. The van der Waals surface area contributed by atoms with Gasteiger partial charge in [-0.3, -0.25) is 9.63 Å². The third-order valence-electron chi connectivity index (χ3n) is 4.13. The van der Waals surface area contributed by atoms with Crippen molar-refractivity contribution in [2.75, 3.05) is 7.05 Å². The second-order valence-corrected chi connectivity index (χ2v) is 10.1. The monoisotopic (exact) mass is 487 g/mol. The van der Waals surface area contributed by atoms with Crippen molar-refractivity contribution in [2.45, 2.75) is 65.2 Å². The summed E-state index contributed by atoms with van der Waals surface area (Å²) < 4.78 is 10.6. The average Bonchev–Trinajstić information content (AvgIpc) is 2.81. The highest BCUT2D eigenvalue weighted by atomic mass is 35.5. The Morgan fingerprint density at radius 1 is 1.06 bits per heavy atom. The van der Waals surface area contributed by atoms with Crippen LogP contribution in [0, 0.1) is 0 Å². The third-order valence-corrected chi connectivity index (χ3v) is 4.68. The third kappa shape index (κ3) is 5.63. The molecule has 0 aromatic heterocycles. The van der Waals surface area contributed by atoms with Crippen molar-refractivity contribution in [3.63, 3.8) is 0 Å². The van der Waals surface area contributed by atoms with Crippen molar-refractivity contribution in [3.8, 4) is 0 Å². The summed E-state index contributed by atoms with van der Waals surface area (Å²) in [5.41, 5.74) is -3.40. The van der Waals surface area contributed by atoms with Crippen molar-refractivity contribution in [1.29, 1.82) is 0 Å². The molecule has 0 aliphatic carbocycles. The van der Waals surface area contributed by atoms with Crippen LogP contribution in [0.4, 0.5) is 9.59 Å². The summed E-state index contributed by atoms with van der Waals surface area (Å²) in [6.45, 7) is 11.1. The van der Waals surface area contributed by atoms with Gasteiger partial charge in [-0.1, -0.05) is 23.2 Å². The molecule has 1 aliphatic heterocycles. The second kappa shape index (κ2) is 8.78. The van der Waals surface area contributed by atoms with Gasteiger partial charge >= 0.3 is 12.2 Å². The molecule has 32 heavy (non-hydrogen) atoms. The van der Waals surface area contributed by atoms with Gasteiger partial charge in [-0.25, -0.2) is 14.6 Å². The SMILES string of the molecule is CN1N=C(c2ccc(Cl)cc2Cl)C(C)(N(OC(=O)OC(C)(C)C)C(=O)OC(C)(C)C)C1=O. The number of hydrogen-bond acceptors (Lipinski definition) is 7. The van der Waals surface area contributed by atoms with Gasteiger partial charge in [0, 0.05) is 17.6 Å². The standard InChI is InChI=1S/C21H27Cl2N3O6/c1-19(2,3)30-17(28)26(32-18(29)31-20(4,5)6)21(7)15(24-25(8)16(21)27)13-10-9-12(22)11-14(13)23/h9-11H,1-8H3. The van der Waals surface area contributed by atoms with E-state index in [1.165, 1.54) is 20.0 Å². The molecule has 1 atom stereocenters. The Kier molecular flexibility index (Phi) is 7.07. The van der Waals surface area contributed by atoms with E-state index in [2.05, 4.69) is 5.10 Å². The van der Waals surface area contributed by atoms with E-state index in [1.54, 1.807) is 53.7 Å². The van der Waals surface area contributed by atoms with Crippen LogP contribution < -0.4 is 0 Å². The smallest absolute Gasteiger partial charge is 0.442 e. The van der Waals surface area contributed by atoms with Crippen LogP contribution in [0.3, 0.4) is 0 Å². The summed E-state index contributed by atoms with van der Waals surface area (Å²) in [7, 11) is 1.40. The molecule has 2 rings (SSSR count). The summed E-state index contributed by atoms with van der Waals surface area (Å²) in [6, 6.07) is 4.58. The van der Waals surface area contributed by atoms with Gasteiger partial charge in [0.05, 0.1) is 5.02 Å². The molecule has 1 unspecified atom stereocenters. The molecule has 11 heteroatoms. The number of hydrogen-bond donors (Lipinski definition) is 0. The summed E-state index contributed by atoms with van der Waals surface area (Å²) in [6.07, 6.45) is -2.29. The molecule has 1 aromatic rings. The van der Waals surface area contributed by atoms with Gasteiger partial charge in [0.2, 0.25) is 5.54 Å². The maximum absolute atomic E-state index is 13.2. The molecule has 1 aromatic carbocycles. The highest BCUT2D eigenvalue weighted by Gasteiger charge is 2.57. The van der Waals surface area contributed by atoms with Gasteiger partial charge < -0.3 is 9.47 Å². The number of hydroxylamine groups is 2. The van der Waals surface area contributed by atoms with Crippen molar-refractivity contribution in [3.05, 3.63) is 33.8 Å².